The van der Waals surface area contributed by atoms with Crippen LogP contribution in [0.2, 0.25) is 0 Å². The zero-order chi connectivity index (χ0) is 11.1. The predicted octanol–water partition coefficient (Wildman–Crippen LogP) is -0.802. The average Bonchev–Trinajstić information content (AvgIpc) is 2.64. The number of amides is 2. The van der Waals surface area contributed by atoms with Gasteiger partial charge in [-0.25, -0.2) is 4.79 Å². The SMILES string of the molecule is NC(=O)OCCNC(=O)CC1CCNC1. The third-order valence-electron chi connectivity index (χ3n) is 2.30. The Kier molecular flexibility index (Phi) is 4.89. The first kappa shape index (κ1) is 11.8. The van der Waals surface area contributed by atoms with E-state index in [1.165, 1.54) is 0 Å². The maximum absolute atomic E-state index is 11.3. The average molecular weight is 215 g/mol. The second kappa shape index (κ2) is 6.23. The highest BCUT2D eigenvalue weighted by Crippen LogP contribution is 2.11. The molecule has 0 spiro atoms. The molecular formula is C9H17N3O3. The van der Waals surface area contributed by atoms with E-state index in [9.17, 15) is 9.59 Å². The second-order valence-corrected chi connectivity index (χ2v) is 3.58. The largest absolute Gasteiger partial charge is 0.448 e. The van der Waals surface area contributed by atoms with E-state index in [4.69, 9.17) is 5.73 Å². The normalized spacial score (nSPS) is 19.9. The van der Waals surface area contributed by atoms with Gasteiger partial charge in [0.1, 0.15) is 6.61 Å². The minimum atomic E-state index is -0.816. The molecule has 1 atom stereocenters. The van der Waals surface area contributed by atoms with Crippen LogP contribution in [0.1, 0.15) is 12.8 Å². The summed E-state index contributed by atoms with van der Waals surface area (Å²) >= 11 is 0. The van der Waals surface area contributed by atoms with Crippen molar-refractivity contribution in [2.24, 2.45) is 11.7 Å². The molecule has 1 aliphatic heterocycles. The highest BCUT2D eigenvalue weighted by molar-refractivity contribution is 5.76. The van der Waals surface area contributed by atoms with Gasteiger partial charge in [0, 0.05) is 6.42 Å². The lowest BCUT2D eigenvalue weighted by Crippen LogP contribution is -2.30. The van der Waals surface area contributed by atoms with Gasteiger partial charge in [-0.3, -0.25) is 4.79 Å². The van der Waals surface area contributed by atoms with Crippen molar-refractivity contribution in [2.45, 2.75) is 12.8 Å². The second-order valence-electron chi connectivity index (χ2n) is 3.58. The van der Waals surface area contributed by atoms with Crippen molar-refractivity contribution in [2.75, 3.05) is 26.2 Å². The summed E-state index contributed by atoms with van der Waals surface area (Å²) in [5.41, 5.74) is 4.76. The summed E-state index contributed by atoms with van der Waals surface area (Å²) in [6.45, 7) is 2.35. The van der Waals surface area contributed by atoms with Gasteiger partial charge in [0.15, 0.2) is 0 Å². The number of carbonyl (C=O) groups excluding carboxylic acids is 2. The fourth-order valence-electron chi connectivity index (χ4n) is 1.57. The summed E-state index contributed by atoms with van der Waals surface area (Å²) < 4.78 is 4.47. The molecule has 1 rings (SSSR count). The van der Waals surface area contributed by atoms with E-state index in [0.29, 0.717) is 18.9 Å². The summed E-state index contributed by atoms with van der Waals surface area (Å²) in [6.07, 6.45) is 0.763. The Morgan fingerprint density at radius 2 is 2.33 bits per heavy atom. The van der Waals surface area contributed by atoms with Gasteiger partial charge in [0.2, 0.25) is 5.91 Å². The van der Waals surface area contributed by atoms with E-state index in [0.717, 1.165) is 19.5 Å². The Labute approximate surface area is 88.5 Å². The van der Waals surface area contributed by atoms with Crippen LogP contribution in [0, 0.1) is 5.92 Å². The van der Waals surface area contributed by atoms with Crippen LogP contribution in [0.4, 0.5) is 4.79 Å². The van der Waals surface area contributed by atoms with Crippen molar-refractivity contribution in [3.05, 3.63) is 0 Å². The molecule has 0 aromatic carbocycles. The molecule has 4 N–H and O–H groups in total. The van der Waals surface area contributed by atoms with Gasteiger partial charge in [0.05, 0.1) is 6.54 Å². The first-order chi connectivity index (χ1) is 7.18. The summed E-state index contributed by atoms with van der Waals surface area (Å²) in [7, 11) is 0. The topological polar surface area (TPSA) is 93.5 Å². The molecule has 1 saturated heterocycles. The van der Waals surface area contributed by atoms with Crippen molar-refractivity contribution >= 4 is 12.0 Å². The molecule has 1 fully saturated rings. The fraction of sp³-hybridized carbons (Fsp3) is 0.778. The van der Waals surface area contributed by atoms with Crippen LogP contribution in [0.25, 0.3) is 0 Å². The molecule has 0 aromatic heterocycles. The number of primary amides is 1. The van der Waals surface area contributed by atoms with Gasteiger partial charge in [-0.1, -0.05) is 0 Å². The molecule has 0 radical (unpaired) electrons. The number of ether oxygens (including phenoxy) is 1. The van der Waals surface area contributed by atoms with Crippen molar-refractivity contribution in [3.8, 4) is 0 Å². The third-order valence-corrected chi connectivity index (χ3v) is 2.30. The monoisotopic (exact) mass is 215 g/mol. The number of hydrogen-bond acceptors (Lipinski definition) is 4. The standard InChI is InChI=1S/C9H17N3O3/c10-9(14)15-4-3-12-8(13)5-7-1-2-11-6-7/h7,11H,1-6H2,(H2,10,14)(H,12,13). The minimum Gasteiger partial charge on any atom is -0.448 e. The number of hydrogen-bond donors (Lipinski definition) is 3. The Bertz CT molecular complexity index is 227. The van der Waals surface area contributed by atoms with Gasteiger partial charge >= 0.3 is 6.09 Å². The van der Waals surface area contributed by atoms with Crippen molar-refractivity contribution in [1.82, 2.24) is 10.6 Å². The first-order valence-electron chi connectivity index (χ1n) is 5.08. The van der Waals surface area contributed by atoms with E-state index in [1.54, 1.807) is 0 Å². The van der Waals surface area contributed by atoms with Crippen molar-refractivity contribution in [1.29, 1.82) is 0 Å². The quantitative estimate of drug-likeness (QED) is 0.523. The molecule has 0 aliphatic carbocycles. The predicted molar refractivity (Wildman–Crippen MR) is 54.1 cm³/mol. The highest BCUT2D eigenvalue weighted by Gasteiger charge is 2.17. The Morgan fingerprint density at radius 3 is 2.93 bits per heavy atom. The van der Waals surface area contributed by atoms with Crippen LogP contribution in [0.3, 0.4) is 0 Å². The molecule has 1 unspecified atom stereocenters. The number of nitrogens with one attached hydrogen (secondary N) is 2. The van der Waals surface area contributed by atoms with E-state index < -0.39 is 6.09 Å². The third kappa shape index (κ3) is 5.21. The van der Waals surface area contributed by atoms with Crippen LogP contribution in [0.15, 0.2) is 0 Å². The maximum Gasteiger partial charge on any atom is 0.404 e. The Balaban J connectivity index is 2.00. The highest BCUT2D eigenvalue weighted by atomic mass is 16.5. The summed E-state index contributed by atoms with van der Waals surface area (Å²) in [4.78, 5) is 21.5. The van der Waals surface area contributed by atoms with Crippen LogP contribution < -0.4 is 16.4 Å². The number of nitrogens with two attached hydrogens (primary N) is 1. The van der Waals surface area contributed by atoms with Gasteiger partial charge in [-0.05, 0) is 25.4 Å². The van der Waals surface area contributed by atoms with Gasteiger partial charge in [0.25, 0.3) is 0 Å². The molecule has 0 aromatic rings. The van der Waals surface area contributed by atoms with E-state index in [2.05, 4.69) is 15.4 Å². The van der Waals surface area contributed by atoms with Crippen molar-refractivity contribution in [3.63, 3.8) is 0 Å². The molecule has 86 valence electrons. The summed E-state index contributed by atoms with van der Waals surface area (Å²) in [6, 6.07) is 0. The molecule has 1 aliphatic rings. The zero-order valence-corrected chi connectivity index (χ0v) is 8.62. The first-order valence-corrected chi connectivity index (χ1v) is 5.08. The van der Waals surface area contributed by atoms with E-state index in [1.807, 2.05) is 0 Å². The molecule has 0 saturated carbocycles. The summed E-state index contributed by atoms with van der Waals surface area (Å²) in [5.74, 6) is 0.429. The van der Waals surface area contributed by atoms with Gasteiger partial charge in [-0.2, -0.15) is 0 Å². The smallest absolute Gasteiger partial charge is 0.404 e. The lowest BCUT2D eigenvalue weighted by Gasteiger charge is -2.08. The molecule has 6 heteroatoms. The van der Waals surface area contributed by atoms with Crippen LogP contribution in [-0.2, 0) is 9.53 Å². The van der Waals surface area contributed by atoms with Crippen LogP contribution >= 0.6 is 0 Å². The van der Waals surface area contributed by atoms with Gasteiger partial charge < -0.3 is 21.1 Å². The van der Waals surface area contributed by atoms with Crippen LogP contribution in [0.5, 0.6) is 0 Å². The lowest BCUT2D eigenvalue weighted by atomic mass is 10.0. The summed E-state index contributed by atoms with van der Waals surface area (Å²) in [5, 5.41) is 5.86. The van der Waals surface area contributed by atoms with E-state index >= 15 is 0 Å². The lowest BCUT2D eigenvalue weighted by molar-refractivity contribution is -0.122. The van der Waals surface area contributed by atoms with Crippen LogP contribution in [-0.4, -0.2) is 38.2 Å². The number of carbonyl (C=O) groups is 2. The van der Waals surface area contributed by atoms with Crippen molar-refractivity contribution < 1.29 is 14.3 Å². The van der Waals surface area contributed by atoms with E-state index in [-0.39, 0.29) is 12.5 Å². The number of rotatable bonds is 5. The molecule has 1 heterocycles. The molecule has 6 nitrogen and oxygen atoms in total. The zero-order valence-electron chi connectivity index (χ0n) is 8.62. The Hall–Kier alpha value is -1.30. The maximum atomic E-state index is 11.3. The minimum absolute atomic E-state index is 0.00299. The van der Waals surface area contributed by atoms with Gasteiger partial charge in [-0.15, -0.1) is 0 Å². The molecule has 2 amide bonds. The molecular weight excluding hydrogens is 198 g/mol. The molecule has 15 heavy (non-hydrogen) atoms. The Morgan fingerprint density at radius 1 is 1.53 bits per heavy atom. The fourth-order valence-corrected chi connectivity index (χ4v) is 1.57. The molecule has 0 bridgehead atoms.